The van der Waals surface area contributed by atoms with Crippen LogP contribution >= 0.6 is 11.6 Å². The molecule has 0 fully saturated rings. The van der Waals surface area contributed by atoms with E-state index in [1.54, 1.807) is 18.2 Å². The van der Waals surface area contributed by atoms with Crippen molar-refractivity contribution in [2.75, 3.05) is 0 Å². The Balaban J connectivity index is 1.75. The monoisotopic (exact) mass is 347 g/mol. The summed E-state index contributed by atoms with van der Waals surface area (Å²) in [6.07, 6.45) is 1.37. The molecule has 24 heavy (non-hydrogen) atoms. The van der Waals surface area contributed by atoms with Gasteiger partial charge in [0.2, 0.25) is 5.76 Å². The molecule has 0 bridgehead atoms. The highest BCUT2D eigenvalue weighted by Gasteiger charge is 2.16. The van der Waals surface area contributed by atoms with Crippen LogP contribution in [0.5, 0.6) is 0 Å². The predicted molar refractivity (Wildman–Crippen MR) is 83.6 cm³/mol. The van der Waals surface area contributed by atoms with Crippen molar-refractivity contribution in [3.05, 3.63) is 75.4 Å². The lowest BCUT2D eigenvalue weighted by atomic mass is 10.1. The van der Waals surface area contributed by atoms with E-state index in [1.807, 2.05) is 0 Å². The van der Waals surface area contributed by atoms with Crippen molar-refractivity contribution in [2.24, 2.45) is 0 Å². The molecule has 122 valence electrons. The first kappa shape index (κ1) is 15.8. The molecule has 0 saturated carbocycles. The van der Waals surface area contributed by atoms with Gasteiger partial charge in [0.25, 0.3) is 5.69 Å². The van der Waals surface area contributed by atoms with Crippen LogP contribution in [-0.2, 0) is 11.3 Å². The number of benzene rings is 1. The van der Waals surface area contributed by atoms with Gasteiger partial charge in [-0.3, -0.25) is 10.1 Å². The second-order valence-electron chi connectivity index (χ2n) is 4.74. The summed E-state index contributed by atoms with van der Waals surface area (Å²) < 4.78 is 15.5. The van der Waals surface area contributed by atoms with E-state index in [-0.39, 0.29) is 18.1 Å². The fourth-order valence-electron chi connectivity index (χ4n) is 2.02. The van der Waals surface area contributed by atoms with Gasteiger partial charge in [0, 0.05) is 17.7 Å². The van der Waals surface area contributed by atoms with Crippen molar-refractivity contribution in [1.29, 1.82) is 0 Å². The number of esters is 1. The molecule has 3 aromatic rings. The molecule has 0 saturated heterocycles. The molecule has 0 aliphatic rings. The summed E-state index contributed by atoms with van der Waals surface area (Å²) in [6, 6.07) is 10.3. The molecule has 0 aliphatic carbocycles. The van der Waals surface area contributed by atoms with E-state index < -0.39 is 10.9 Å². The number of hydrogen-bond donors (Lipinski definition) is 0. The highest BCUT2D eigenvalue weighted by molar-refractivity contribution is 6.33. The van der Waals surface area contributed by atoms with E-state index >= 15 is 0 Å². The fraction of sp³-hybridized carbons (Fsp3) is 0.0625. The Labute approximate surface area is 140 Å². The van der Waals surface area contributed by atoms with Crippen molar-refractivity contribution in [2.45, 2.75) is 6.61 Å². The Bertz CT molecular complexity index is 884. The molecule has 3 rings (SSSR count). The van der Waals surface area contributed by atoms with E-state index in [0.29, 0.717) is 22.1 Å². The summed E-state index contributed by atoms with van der Waals surface area (Å²) in [6.45, 7) is -0.105. The standard InChI is InChI=1S/C16H10ClNO6/c17-13-5-3-10(18(20)21)8-12(13)14-6-4-11(24-14)9-23-16(19)15-2-1-7-22-15/h1-8H,9H2. The van der Waals surface area contributed by atoms with Gasteiger partial charge in [-0.05, 0) is 30.3 Å². The maximum absolute atomic E-state index is 11.7. The first-order valence-electron chi connectivity index (χ1n) is 6.78. The molecule has 0 radical (unpaired) electrons. The quantitative estimate of drug-likeness (QED) is 0.384. The third-order valence-electron chi connectivity index (χ3n) is 3.16. The molecular formula is C16H10ClNO6. The average Bonchev–Trinajstić information content (AvgIpc) is 3.24. The predicted octanol–water partition coefficient (Wildman–Crippen LogP) is 4.46. The molecule has 1 aromatic carbocycles. The molecule has 0 unspecified atom stereocenters. The molecule has 0 spiro atoms. The van der Waals surface area contributed by atoms with Gasteiger partial charge in [0.05, 0.1) is 16.2 Å². The molecule has 2 aromatic heterocycles. The first-order chi connectivity index (χ1) is 11.5. The molecule has 2 heterocycles. The molecule has 0 aliphatic heterocycles. The normalized spacial score (nSPS) is 10.5. The van der Waals surface area contributed by atoms with Gasteiger partial charge in [-0.2, -0.15) is 0 Å². The second kappa shape index (κ2) is 6.59. The number of rotatable bonds is 5. The van der Waals surface area contributed by atoms with Crippen molar-refractivity contribution >= 4 is 23.3 Å². The van der Waals surface area contributed by atoms with Crippen LogP contribution in [0.25, 0.3) is 11.3 Å². The smallest absolute Gasteiger partial charge is 0.374 e. The van der Waals surface area contributed by atoms with Crippen LogP contribution in [0, 0.1) is 10.1 Å². The van der Waals surface area contributed by atoms with Crippen molar-refractivity contribution in [3.63, 3.8) is 0 Å². The van der Waals surface area contributed by atoms with Crippen molar-refractivity contribution < 1.29 is 23.3 Å². The van der Waals surface area contributed by atoms with Gasteiger partial charge >= 0.3 is 5.97 Å². The number of nitro benzene ring substituents is 1. The lowest BCUT2D eigenvalue weighted by molar-refractivity contribution is -0.384. The lowest BCUT2D eigenvalue weighted by Crippen LogP contribution is -2.03. The molecule has 0 N–H and O–H groups in total. The minimum Gasteiger partial charge on any atom is -0.457 e. The van der Waals surface area contributed by atoms with Crippen molar-refractivity contribution in [1.82, 2.24) is 0 Å². The van der Waals surface area contributed by atoms with Gasteiger partial charge in [-0.25, -0.2) is 4.79 Å². The Morgan fingerprint density at radius 3 is 2.79 bits per heavy atom. The summed E-state index contributed by atoms with van der Waals surface area (Å²) in [5, 5.41) is 11.2. The van der Waals surface area contributed by atoms with E-state index in [2.05, 4.69) is 0 Å². The highest BCUT2D eigenvalue weighted by Crippen LogP contribution is 2.32. The van der Waals surface area contributed by atoms with Crippen LogP contribution in [0.2, 0.25) is 5.02 Å². The fourth-order valence-corrected chi connectivity index (χ4v) is 2.23. The maximum atomic E-state index is 11.7. The topological polar surface area (TPSA) is 95.7 Å². The van der Waals surface area contributed by atoms with Crippen LogP contribution in [0.15, 0.2) is 57.6 Å². The summed E-state index contributed by atoms with van der Waals surface area (Å²) >= 11 is 6.06. The zero-order valence-corrected chi connectivity index (χ0v) is 12.9. The molecular weight excluding hydrogens is 338 g/mol. The zero-order valence-electron chi connectivity index (χ0n) is 12.1. The number of nitrogens with zero attached hydrogens (tertiary/aromatic N) is 1. The van der Waals surface area contributed by atoms with Gasteiger partial charge in [0.1, 0.15) is 18.1 Å². The minimum atomic E-state index is -0.619. The number of halogens is 1. The Kier molecular flexibility index (Phi) is 4.35. The van der Waals surface area contributed by atoms with Crippen LogP contribution in [0.4, 0.5) is 5.69 Å². The Morgan fingerprint density at radius 1 is 1.25 bits per heavy atom. The van der Waals surface area contributed by atoms with Crippen LogP contribution in [0.3, 0.4) is 0 Å². The minimum absolute atomic E-state index is 0.0866. The number of nitro groups is 1. The van der Waals surface area contributed by atoms with Gasteiger partial charge in [0.15, 0.2) is 0 Å². The highest BCUT2D eigenvalue weighted by atomic mass is 35.5. The maximum Gasteiger partial charge on any atom is 0.374 e. The Morgan fingerprint density at radius 2 is 2.08 bits per heavy atom. The third-order valence-corrected chi connectivity index (χ3v) is 3.49. The van der Waals surface area contributed by atoms with E-state index in [1.165, 1.54) is 30.5 Å². The Hall–Kier alpha value is -3.06. The number of ether oxygens (including phenoxy) is 1. The van der Waals surface area contributed by atoms with Crippen LogP contribution in [0.1, 0.15) is 16.3 Å². The largest absolute Gasteiger partial charge is 0.457 e. The number of carbonyl (C=O) groups excluding carboxylic acids is 1. The van der Waals surface area contributed by atoms with Crippen LogP contribution < -0.4 is 0 Å². The van der Waals surface area contributed by atoms with Gasteiger partial charge < -0.3 is 13.6 Å². The second-order valence-corrected chi connectivity index (χ2v) is 5.15. The van der Waals surface area contributed by atoms with E-state index in [9.17, 15) is 14.9 Å². The average molecular weight is 348 g/mol. The number of non-ortho nitro benzene ring substituents is 1. The summed E-state index contributed by atoms with van der Waals surface area (Å²) in [7, 11) is 0. The molecule has 8 heteroatoms. The van der Waals surface area contributed by atoms with Crippen LogP contribution in [-0.4, -0.2) is 10.9 Å². The number of hydrogen-bond acceptors (Lipinski definition) is 6. The zero-order chi connectivity index (χ0) is 17.1. The van der Waals surface area contributed by atoms with Crippen molar-refractivity contribution in [3.8, 4) is 11.3 Å². The first-order valence-corrected chi connectivity index (χ1v) is 7.16. The summed E-state index contributed by atoms with van der Waals surface area (Å²) in [4.78, 5) is 22.0. The number of furan rings is 2. The summed E-state index contributed by atoms with van der Waals surface area (Å²) in [5.74, 6) is 0.176. The molecule has 0 atom stereocenters. The van der Waals surface area contributed by atoms with Gasteiger partial charge in [-0.15, -0.1) is 0 Å². The third kappa shape index (κ3) is 3.31. The summed E-state index contributed by atoms with van der Waals surface area (Å²) in [5.41, 5.74) is 0.283. The molecule has 7 nitrogen and oxygen atoms in total. The van der Waals surface area contributed by atoms with Gasteiger partial charge in [-0.1, -0.05) is 11.6 Å². The number of carbonyl (C=O) groups is 1. The van der Waals surface area contributed by atoms with E-state index in [4.69, 9.17) is 25.2 Å². The molecule has 0 amide bonds. The SMILES string of the molecule is O=C(OCc1ccc(-c2cc([N+](=O)[O-])ccc2Cl)o1)c1ccco1. The lowest BCUT2D eigenvalue weighted by Gasteiger charge is -2.02. The van der Waals surface area contributed by atoms with E-state index in [0.717, 1.165) is 0 Å².